The lowest BCUT2D eigenvalue weighted by atomic mass is 10.5. The van der Waals surface area contributed by atoms with Gasteiger partial charge < -0.3 is 15.0 Å². The van der Waals surface area contributed by atoms with E-state index in [1.54, 1.807) is 11.5 Å². The van der Waals surface area contributed by atoms with Gasteiger partial charge in [0.2, 0.25) is 5.13 Å². The highest BCUT2D eigenvalue weighted by Crippen LogP contribution is 2.12. The van der Waals surface area contributed by atoms with Crippen LogP contribution in [0.4, 0.5) is 9.93 Å². The number of carbonyl (C=O) groups excluding carboxylic acids is 1. The van der Waals surface area contributed by atoms with Gasteiger partial charge in [-0.15, -0.1) is 10.2 Å². The van der Waals surface area contributed by atoms with Crippen LogP contribution in [0, 0.1) is 6.92 Å². The van der Waals surface area contributed by atoms with E-state index < -0.39 is 5.97 Å². The molecule has 0 aliphatic carbocycles. The molecular formula is C10H12N6O3S. The van der Waals surface area contributed by atoms with Crippen molar-refractivity contribution in [3.8, 4) is 0 Å². The van der Waals surface area contributed by atoms with Crippen LogP contribution in [0.1, 0.15) is 15.5 Å². The Kier molecular flexibility index (Phi) is 4.25. The van der Waals surface area contributed by atoms with Crippen LogP contribution in [0.2, 0.25) is 0 Å². The highest BCUT2D eigenvalue weighted by molar-refractivity contribution is 7.15. The van der Waals surface area contributed by atoms with E-state index in [4.69, 9.17) is 5.11 Å². The molecule has 2 heterocycles. The Morgan fingerprint density at radius 3 is 2.85 bits per heavy atom. The lowest BCUT2D eigenvalue weighted by Crippen LogP contribution is -2.31. The first kappa shape index (κ1) is 13.9. The van der Waals surface area contributed by atoms with Gasteiger partial charge in [-0.05, 0) is 6.92 Å². The van der Waals surface area contributed by atoms with Crippen molar-refractivity contribution in [1.29, 1.82) is 0 Å². The highest BCUT2D eigenvalue weighted by Gasteiger charge is 2.07. The molecule has 10 heteroatoms. The molecule has 0 fully saturated rings. The van der Waals surface area contributed by atoms with Crippen LogP contribution in [0.3, 0.4) is 0 Å². The third-order valence-corrected chi connectivity index (χ3v) is 3.01. The first-order chi connectivity index (χ1) is 9.54. The topological polar surface area (TPSA) is 122 Å². The molecule has 2 aromatic heterocycles. The van der Waals surface area contributed by atoms with Crippen LogP contribution in [0.5, 0.6) is 0 Å². The fourth-order valence-electron chi connectivity index (χ4n) is 1.38. The first-order valence-corrected chi connectivity index (χ1v) is 6.46. The molecule has 0 bridgehead atoms. The molecule has 0 radical (unpaired) electrons. The zero-order chi connectivity index (χ0) is 14.5. The minimum Gasteiger partial charge on any atom is -0.476 e. The van der Waals surface area contributed by atoms with Gasteiger partial charge in [-0.1, -0.05) is 11.3 Å². The van der Waals surface area contributed by atoms with Crippen LogP contribution in [-0.2, 0) is 6.54 Å². The second-order valence-electron chi connectivity index (χ2n) is 3.81. The molecule has 0 saturated carbocycles. The summed E-state index contributed by atoms with van der Waals surface area (Å²) in [5.41, 5.74) is -0.0289. The van der Waals surface area contributed by atoms with E-state index in [1.165, 1.54) is 23.9 Å². The third kappa shape index (κ3) is 3.75. The van der Waals surface area contributed by atoms with Crippen molar-refractivity contribution in [3.05, 3.63) is 23.2 Å². The maximum atomic E-state index is 11.5. The standard InChI is InChI=1S/C10H12N6O3S/c1-6-14-15-10(20-6)13-9(19)11-2-3-16-4-7(8(17)18)12-5-16/h4-5H,2-3H2,1H3,(H,17,18)(H2,11,13,15,19). The lowest BCUT2D eigenvalue weighted by Gasteiger charge is -2.05. The van der Waals surface area contributed by atoms with Crippen molar-refractivity contribution in [1.82, 2.24) is 25.1 Å². The molecule has 3 N–H and O–H groups in total. The number of amides is 2. The number of hydrogen-bond acceptors (Lipinski definition) is 6. The average Bonchev–Trinajstić information content (AvgIpc) is 2.99. The van der Waals surface area contributed by atoms with Crippen LogP contribution in [0.15, 0.2) is 12.5 Å². The van der Waals surface area contributed by atoms with Crippen molar-refractivity contribution in [3.63, 3.8) is 0 Å². The number of aryl methyl sites for hydroxylation is 1. The molecule has 9 nitrogen and oxygen atoms in total. The monoisotopic (exact) mass is 296 g/mol. The zero-order valence-corrected chi connectivity index (χ0v) is 11.3. The summed E-state index contributed by atoms with van der Waals surface area (Å²) in [6, 6.07) is -0.389. The number of carbonyl (C=O) groups is 2. The minimum atomic E-state index is -1.08. The van der Waals surface area contributed by atoms with Crippen molar-refractivity contribution in [2.24, 2.45) is 0 Å². The van der Waals surface area contributed by atoms with Gasteiger partial charge in [-0.3, -0.25) is 5.32 Å². The normalized spacial score (nSPS) is 10.2. The minimum absolute atomic E-state index is 0.0289. The van der Waals surface area contributed by atoms with Gasteiger partial charge in [0.25, 0.3) is 0 Å². The van der Waals surface area contributed by atoms with Gasteiger partial charge in [0, 0.05) is 19.3 Å². The van der Waals surface area contributed by atoms with E-state index in [0.717, 1.165) is 5.01 Å². The molecule has 2 aromatic rings. The molecule has 2 rings (SSSR count). The lowest BCUT2D eigenvalue weighted by molar-refractivity contribution is 0.0691. The summed E-state index contributed by atoms with van der Waals surface area (Å²) in [5.74, 6) is -1.08. The predicted molar refractivity (Wildman–Crippen MR) is 70.9 cm³/mol. The number of aromatic carboxylic acids is 1. The molecule has 106 valence electrons. The number of nitrogens with zero attached hydrogens (tertiary/aromatic N) is 4. The van der Waals surface area contributed by atoms with Crippen molar-refractivity contribution in [2.45, 2.75) is 13.5 Å². The van der Waals surface area contributed by atoms with Crippen molar-refractivity contribution in [2.75, 3.05) is 11.9 Å². The van der Waals surface area contributed by atoms with E-state index in [-0.39, 0.29) is 11.7 Å². The quantitative estimate of drug-likeness (QED) is 0.741. The van der Waals surface area contributed by atoms with Gasteiger partial charge in [-0.25, -0.2) is 14.6 Å². The number of imidazole rings is 1. The van der Waals surface area contributed by atoms with E-state index >= 15 is 0 Å². The summed E-state index contributed by atoms with van der Waals surface area (Å²) < 4.78 is 1.58. The summed E-state index contributed by atoms with van der Waals surface area (Å²) in [4.78, 5) is 25.9. The summed E-state index contributed by atoms with van der Waals surface area (Å²) in [6.07, 6.45) is 2.80. The van der Waals surface area contributed by atoms with E-state index in [1.807, 2.05) is 0 Å². The fraction of sp³-hybridized carbons (Fsp3) is 0.300. The van der Waals surface area contributed by atoms with Crippen LogP contribution < -0.4 is 10.6 Å². The van der Waals surface area contributed by atoms with Crippen LogP contribution in [-0.4, -0.2) is 43.4 Å². The molecule has 0 saturated heterocycles. The Morgan fingerprint density at radius 2 is 2.25 bits per heavy atom. The van der Waals surface area contributed by atoms with Crippen LogP contribution in [0.25, 0.3) is 0 Å². The number of carboxylic acids is 1. The number of carboxylic acid groups (broad SMARTS) is 1. The maximum absolute atomic E-state index is 11.5. The third-order valence-electron chi connectivity index (χ3n) is 2.25. The smallest absolute Gasteiger partial charge is 0.356 e. The van der Waals surface area contributed by atoms with Gasteiger partial charge >= 0.3 is 12.0 Å². The number of aromatic nitrogens is 4. The number of anilines is 1. The largest absolute Gasteiger partial charge is 0.476 e. The fourth-order valence-corrected chi connectivity index (χ4v) is 1.97. The van der Waals surface area contributed by atoms with Gasteiger partial charge in [0.05, 0.1) is 6.33 Å². The van der Waals surface area contributed by atoms with Crippen LogP contribution >= 0.6 is 11.3 Å². The molecule has 0 aliphatic rings. The highest BCUT2D eigenvalue weighted by atomic mass is 32.1. The molecule has 20 heavy (non-hydrogen) atoms. The predicted octanol–water partition coefficient (Wildman–Crippen LogP) is 0.563. The van der Waals surface area contributed by atoms with Gasteiger partial charge in [0.15, 0.2) is 5.69 Å². The average molecular weight is 296 g/mol. The Morgan fingerprint density at radius 1 is 1.45 bits per heavy atom. The first-order valence-electron chi connectivity index (χ1n) is 5.64. The van der Waals surface area contributed by atoms with E-state index in [2.05, 4.69) is 25.8 Å². The SMILES string of the molecule is Cc1nnc(NC(=O)NCCn2cnc(C(=O)O)c2)s1. The second-order valence-corrected chi connectivity index (χ2v) is 4.99. The Balaban J connectivity index is 1.74. The molecule has 0 unspecified atom stereocenters. The van der Waals surface area contributed by atoms with Crippen molar-refractivity contribution >= 4 is 28.5 Å². The summed E-state index contributed by atoms with van der Waals surface area (Å²) in [7, 11) is 0. The molecule has 0 spiro atoms. The second kappa shape index (κ2) is 6.10. The maximum Gasteiger partial charge on any atom is 0.356 e. The van der Waals surface area contributed by atoms with Gasteiger partial charge in [0.1, 0.15) is 5.01 Å². The molecule has 2 amide bonds. The Hall–Kier alpha value is -2.49. The van der Waals surface area contributed by atoms with E-state index in [0.29, 0.717) is 18.2 Å². The molecule has 0 atom stereocenters. The summed E-state index contributed by atoms with van der Waals surface area (Å²) >= 11 is 1.28. The molecule has 0 aromatic carbocycles. The summed E-state index contributed by atoms with van der Waals surface area (Å²) in [6.45, 7) is 2.54. The van der Waals surface area contributed by atoms with Crippen molar-refractivity contribution < 1.29 is 14.7 Å². The summed E-state index contributed by atoms with van der Waals surface area (Å²) in [5, 5.41) is 22.6. The number of urea groups is 1. The van der Waals surface area contributed by atoms with E-state index in [9.17, 15) is 9.59 Å². The number of rotatable bonds is 5. The number of hydrogen-bond donors (Lipinski definition) is 3. The molecular weight excluding hydrogens is 284 g/mol. The number of nitrogens with one attached hydrogen (secondary N) is 2. The zero-order valence-electron chi connectivity index (χ0n) is 10.5. The van der Waals surface area contributed by atoms with Gasteiger partial charge in [-0.2, -0.15) is 0 Å². The Labute approximate surface area is 117 Å². The Bertz CT molecular complexity index is 622. The molecule has 0 aliphatic heterocycles.